The van der Waals surface area contributed by atoms with Crippen molar-refractivity contribution in [3.05, 3.63) is 17.6 Å². The molecule has 21 heavy (non-hydrogen) atoms. The maximum Gasteiger partial charge on any atom is 0.162 e. The van der Waals surface area contributed by atoms with Gasteiger partial charge in [-0.1, -0.05) is 20.3 Å². The van der Waals surface area contributed by atoms with Gasteiger partial charge in [-0.2, -0.15) is 0 Å². The Bertz CT molecular complexity index is 453. The lowest BCUT2D eigenvalue weighted by atomic mass is 9.78. The smallest absolute Gasteiger partial charge is 0.162 e. The summed E-state index contributed by atoms with van der Waals surface area (Å²) < 4.78 is 6.18. The Morgan fingerprint density at radius 1 is 1.29 bits per heavy atom. The summed E-state index contributed by atoms with van der Waals surface area (Å²) in [5.41, 5.74) is 0.834. The van der Waals surface area contributed by atoms with Crippen LogP contribution < -0.4 is 5.32 Å². The predicted octanol–water partition coefficient (Wildman–Crippen LogP) is 3.91. The van der Waals surface area contributed by atoms with Crippen LogP contribution in [0.1, 0.15) is 64.4 Å². The topological polar surface area (TPSA) is 47.0 Å². The molecule has 0 amide bonds. The van der Waals surface area contributed by atoms with Crippen molar-refractivity contribution in [2.24, 2.45) is 5.92 Å². The van der Waals surface area contributed by atoms with E-state index in [1.165, 1.54) is 12.8 Å². The summed E-state index contributed by atoms with van der Waals surface area (Å²) in [6.07, 6.45) is 6.52. The van der Waals surface area contributed by atoms with Gasteiger partial charge in [-0.25, -0.2) is 9.97 Å². The third kappa shape index (κ3) is 3.73. The average molecular weight is 291 g/mol. The number of anilines is 1. The van der Waals surface area contributed by atoms with Gasteiger partial charge in [-0.3, -0.25) is 0 Å². The first-order chi connectivity index (χ1) is 10.1. The quantitative estimate of drug-likeness (QED) is 0.863. The van der Waals surface area contributed by atoms with E-state index in [0.29, 0.717) is 6.61 Å². The number of nitrogens with one attached hydrogen (secondary N) is 1. The van der Waals surface area contributed by atoms with E-state index < -0.39 is 0 Å². The van der Waals surface area contributed by atoms with Crippen molar-refractivity contribution in [2.75, 3.05) is 19.0 Å². The molecule has 1 heterocycles. The molecule has 1 aliphatic carbocycles. The first kappa shape index (κ1) is 16.2. The number of aryl methyl sites for hydroxylation is 1. The van der Waals surface area contributed by atoms with Gasteiger partial charge in [0, 0.05) is 25.4 Å². The van der Waals surface area contributed by atoms with Gasteiger partial charge in [-0.15, -0.1) is 0 Å². The summed E-state index contributed by atoms with van der Waals surface area (Å²) in [6, 6.07) is 2.05. The van der Waals surface area contributed by atoms with Crippen LogP contribution in [0.2, 0.25) is 0 Å². The van der Waals surface area contributed by atoms with Crippen LogP contribution in [0.5, 0.6) is 0 Å². The summed E-state index contributed by atoms with van der Waals surface area (Å²) >= 11 is 0. The molecular formula is C17H29N3O. The Kier molecular flexibility index (Phi) is 5.57. The molecule has 0 aliphatic heterocycles. The van der Waals surface area contributed by atoms with Crippen LogP contribution in [0.25, 0.3) is 0 Å². The first-order valence-electron chi connectivity index (χ1n) is 8.33. The molecule has 1 saturated carbocycles. The molecule has 1 aliphatic rings. The largest absolute Gasteiger partial charge is 0.373 e. The summed E-state index contributed by atoms with van der Waals surface area (Å²) in [4.78, 5) is 9.56. The number of rotatable bonds is 6. The Balaban J connectivity index is 2.36. The molecule has 0 radical (unpaired) electrons. The lowest BCUT2D eigenvalue weighted by Gasteiger charge is -2.38. The molecule has 4 nitrogen and oxygen atoms in total. The minimum atomic E-state index is -0.281. The van der Waals surface area contributed by atoms with E-state index in [1.807, 2.05) is 7.05 Å². The van der Waals surface area contributed by atoms with Crippen LogP contribution in [0.4, 0.5) is 5.82 Å². The second kappa shape index (κ2) is 7.21. The molecule has 0 bridgehead atoms. The molecule has 1 N–H and O–H groups in total. The van der Waals surface area contributed by atoms with Crippen molar-refractivity contribution in [3.63, 3.8) is 0 Å². The van der Waals surface area contributed by atoms with E-state index in [2.05, 4.69) is 32.2 Å². The number of nitrogens with zero attached hydrogens (tertiary/aromatic N) is 2. The number of hydrogen-bond acceptors (Lipinski definition) is 4. The normalized spacial score (nSPS) is 25.8. The SMILES string of the molecule is CCCc1cc(NC)nc(C2(OCC)CCC(C)CC2)n1. The molecule has 0 spiro atoms. The minimum absolute atomic E-state index is 0.281. The van der Waals surface area contributed by atoms with Gasteiger partial charge < -0.3 is 10.1 Å². The summed E-state index contributed by atoms with van der Waals surface area (Å²) in [7, 11) is 1.91. The molecule has 1 fully saturated rings. The predicted molar refractivity (Wildman–Crippen MR) is 86.5 cm³/mol. The highest BCUT2D eigenvalue weighted by atomic mass is 16.5. The summed E-state index contributed by atoms with van der Waals surface area (Å²) in [6.45, 7) is 7.28. The summed E-state index contributed by atoms with van der Waals surface area (Å²) in [5, 5.41) is 3.17. The van der Waals surface area contributed by atoms with Gasteiger partial charge in [0.25, 0.3) is 0 Å². The second-order valence-electron chi connectivity index (χ2n) is 6.18. The maximum atomic E-state index is 6.18. The highest BCUT2D eigenvalue weighted by Crippen LogP contribution is 2.41. The van der Waals surface area contributed by atoms with Crippen molar-refractivity contribution in [2.45, 2.75) is 64.9 Å². The molecular weight excluding hydrogens is 262 g/mol. The van der Waals surface area contributed by atoms with E-state index in [-0.39, 0.29) is 5.60 Å². The number of ether oxygens (including phenoxy) is 1. The van der Waals surface area contributed by atoms with E-state index in [0.717, 1.165) is 48.9 Å². The van der Waals surface area contributed by atoms with Crippen molar-refractivity contribution >= 4 is 5.82 Å². The lowest BCUT2D eigenvalue weighted by Crippen LogP contribution is -2.36. The highest BCUT2D eigenvalue weighted by Gasteiger charge is 2.39. The molecule has 118 valence electrons. The molecule has 1 aromatic rings. The summed E-state index contributed by atoms with van der Waals surface area (Å²) in [5.74, 6) is 2.56. The van der Waals surface area contributed by atoms with Crippen molar-refractivity contribution < 1.29 is 4.74 Å². The van der Waals surface area contributed by atoms with Gasteiger partial charge in [-0.05, 0) is 44.9 Å². The molecule has 0 aromatic carbocycles. The minimum Gasteiger partial charge on any atom is -0.373 e. The standard InChI is InChI=1S/C17H29N3O/c1-5-7-14-12-15(18-4)20-16(19-14)17(21-6-2)10-8-13(3)9-11-17/h12-13H,5-11H2,1-4H3,(H,18,19,20). The average Bonchev–Trinajstić information content (AvgIpc) is 2.50. The molecule has 0 atom stereocenters. The fourth-order valence-electron chi connectivity index (χ4n) is 3.15. The van der Waals surface area contributed by atoms with Crippen LogP contribution in [-0.4, -0.2) is 23.6 Å². The number of aromatic nitrogens is 2. The van der Waals surface area contributed by atoms with Crippen molar-refractivity contribution in [1.29, 1.82) is 0 Å². The fraction of sp³-hybridized carbons (Fsp3) is 0.765. The van der Waals surface area contributed by atoms with E-state index in [4.69, 9.17) is 14.7 Å². The first-order valence-corrected chi connectivity index (χ1v) is 8.33. The number of hydrogen-bond donors (Lipinski definition) is 1. The third-order valence-electron chi connectivity index (χ3n) is 4.45. The van der Waals surface area contributed by atoms with Crippen molar-refractivity contribution in [3.8, 4) is 0 Å². The van der Waals surface area contributed by atoms with Crippen molar-refractivity contribution in [1.82, 2.24) is 9.97 Å². The molecule has 0 unspecified atom stereocenters. The van der Waals surface area contributed by atoms with Crippen LogP contribution in [0, 0.1) is 5.92 Å². The van der Waals surface area contributed by atoms with E-state index in [9.17, 15) is 0 Å². The van der Waals surface area contributed by atoms with Crippen LogP contribution in [-0.2, 0) is 16.8 Å². The zero-order chi connectivity index (χ0) is 15.3. The van der Waals surface area contributed by atoms with Gasteiger partial charge >= 0.3 is 0 Å². The van der Waals surface area contributed by atoms with Crippen LogP contribution >= 0.6 is 0 Å². The van der Waals surface area contributed by atoms with Crippen LogP contribution in [0.3, 0.4) is 0 Å². The monoisotopic (exact) mass is 291 g/mol. The zero-order valence-electron chi connectivity index (χ0n) is 13.9. The highest BCUT2D eigenvalue weighted by molar-refractivity contribution is 5.36. The van der Waals surface area contributed by atoms with Gasteiger partial charge in [0.15, 0.2) is 5.82 Å². The van der Waals surface area contributed by atoms with Gasteiger partial charge in [0.1, 0.15) is 11.4 Å². The Labute approximate surface area is 128 Å². The molecule has 0 saturated heterocycles. The Hall–Kier alpha value is -1.16. The van der Waals surface area contributed by atoms with Crippen LogP contribution in [0.15, 0.2) is 6.07 Å². The molecule has 4 heteroatoms. The lowest BCUT2D eigenvalue weighted by molar-refractivity contribution is -0.0837. The molecule has 2 rings (SSSR count). The van der Waals surface area contributed by atoms with E-state index >= 15 is 0 Å². The fourth-order valence-corrected chi connectivity index (χ4v) is 3.15. The Morgan fingerprint density at radius 2 is 2.00 bits per heavy atom. The van der Waals surface area contributed by atoms with Gasteiger partial charge in [0.05, 0.1) is 0 Å². The maximum absolute atomic E-state index is 6.18. The van der Waals surface area contributed by atoms with Gasteiger partial charge in [0.2, 0.25) is 0 Å². The second-order valence-corrected chi connectivity index (χ2v) is 6.18. The van der Waals surface area contributed by atoms with E-state index in [1.54, 1.807) is 0 Å². The zero-order valence-corrected chi connectivity index (χ0v) is 13.9. The third-order valence-corrected chi connectivity index (χ3v) is 4.45. The Morgan fingerprint density at radius 3 is 2.57 bits per heavy atom. The molecule has 1 aromatic heterocycles.